The first-order valence-electron chi connectivity index (χ1n) is 27.3. The molecule has 0 aromatic carbocycles. The van der Waals surface area contributed by atoms with E-state index in [0.29, 0.717) is 57.1 Å². The Bertz CT molecular complexity index is 1950. The zero-order chi connectivity index (χ0) is 53.4. The summed E-state index contributed by atoms with van der Waals surface area (Å²) in [5.74, 6) is -7.76. The zero-order valence-electron chi connectivity index (χ0n) is 45.8. The summed E-state index contributed by atoms with van der Waals surface area (Å²) >= 11 is 0. The van der Waals surface area contributed by atoms with Gasteiger partial charge in [0.2, 0.25) is 5.79 Å². The molecule has 5 rings (SSSR count). The Kier molecular flexibility index (Phi) is 24.1. The highest BCUT2D eigenvalue weighted by atomic mass is 16.6. The minimum absolute atomic E-state index is 0.0210. The summed E-state index contributed by atoms with van der Waals surface area (Å²) in [5.41, 5.74) is 1.29. The van der Waals surface area contributed by atoms with Gasteiger partial charge in [0, 0.05) is 91.2 Å². The summed E-state index contributed by atoms with van der Waals surface area (Å²) in [6.45, 7) is 18.3. The first kappa shape index (κ1) is 60.4. The van der Waals surface area contributed by atoms with Crippen LogP contribution in [0.15, 0.2) is 47.6 Å². The van der Waals surface area contributed by atoms with E-state index in [2.05, 4.69) is 10.2 Å². The molecule has 0 aromatic heterocycles. The van der Waals surface area contributed by atoms with Crippen LogP contribution in [0.1, 0.15) is 126 Å². The normalized spacial score (nSPS) is 37.7. The van der Waals surface area contributed by atoms with E-state index in [1.807, 2.05) is 58.1 Å². The summed E-state index contributed by atoms with van der Waals surface area (Å²) in [4.78, 5) is 75.0. The Morgan fingerprint density at radius 3 is 2.27 bits per heavy atom. The maximum atomic E-state index is 14.6. The number of carbonyl (C=O) groups is 5. The van der Waals surface area contributed by atoms with Crippen molar-refractivity contribution in [3.05, 3.63) is 47.6 Å². The molecule has 4 fully saturated rings. The Hall–Kier alpha value is -3.45. The number of carbonyl (C=O) groups excluding carboxylic acids is 5. The quantitative estimate of drug-likeness (QED) is 0.129. The van der Waals surface area contributed by atoms with Crippen LogP contribution in [0.3, 0.4) is 0 Å². The molecule has 4 heterocycles. The lowest BCUT2D eigenvalue weighted by molar-refractivity contribution is -0.265. The van der Waals surface area contributed by atoms with Crippen LogP contribution < -0.4 is 5.32 Å². The lowest BCUT2D eigenvalue weighted by Crippen LogP contribution is -2.61. The van der Waals surface area contributed by atoms with Gasteiger partial charge in [-0.1, -0.05) is 71.1 Å². The number of piperidine rings is 1. The smallest absolute Gasteiger partial charge is 0.329 e. The number of esters is 1. The van der Waals surface area contributed by atoms with Crippen molar-refractivity contribution in [2.24, 2.45) is 35.5 Å². The van der Waals surface area contributed by atoms with Gasteiger partial charge >= 0.3 is 5.97 Å². The second-order valence-corrected chi connectivity index (χ2v) is 22.0. The van der Waals surface area contributed by atoms with Crippen LogP contribution in [0.5, 0.6) is 0 Å². The SMILES string of the molecule is CO[C@H]1CC2CC[C@@H](C)[C@@](O)(O2)C(=O)C(=O)N2CCCC[C@H]2C(=O)O[C@H]([C@H](C)C[C@@H]2CC[C@@H](OCCN3CCNCC3)[C@H](OC)C2)CC(=O)[C@H](C)/C=C(\C)[C@@H](O)[C@@H](OC)C(=O)[C@@H](C)C[C@H](C)/C=C/C=CC=C1C. The number of allylic oxidation sites excluding steroid dienone is 6. The summed E-state index contributed by atoms with van der Waals surface area (Å²) in [6.07, 6.45) is 12.7. The number of Topliss-reactive ketones (excluding diaryl/α,β-unsaturated/α-hetero) is 3. The topological polar surface area (TPSA) is 200 Å². The van der Waals surface area contributed by atoms with Gasteiger partial charge in [0.1, 0.15) is 30.1 Å². The molecule has 73 heavy (non-hydrogen) atoms. The largest absolute Gasteiger partial charge is 0.460 e. The Morgan fingerprint density at radius 1 is 0.836 bits per heavy atom. The number of hydrogen-bond acceptors (Lipinski definition) is 15. The van der Waals surface area contributed by atoms with Crippen LogP contribution >= 0.6 is 0 Å². The van der Waals surface area contributed by atoms with Crippen LogP contribution in [0.2, 0.25) is 0 Å². The van der Waals surface area contributed by atoms with Gasteiger partial charge in [-0.3, -0.25) is 24.1 Å². The number of piperazine rings is 1. The standard InChI is InChI=1S/C57H91N3O13/c1-36-16-12-11-13-17-37(2)48(68-8)34-44-21-19-42(7)57(67,73-44)54(64)55(65)60-25-15-14-18-45(60)56(66)72-49(35-46(61)38(3)31-41(6)52(63)53(70-10)51(62)40(5)30-36)39(4)32-43-20-22-47(50(33-43)69-9)71-29-28-59-26-23-58-24-27-59/h11-13,16-17,31,36,38-40,42-45,47-50,52-53,58,63,67H,14-15,18-30,32-35H2,1-10H3/b13-11?,16-12+,37-17?,41-31+/t36-,38-,39-,40+,42-,43+,44?,45+,47-,48+,49+,50-,52-,53+,57-/m1/s1. The average molecular weight is 1030 g/mol. The number of cyclic esters (lactones) is 1. The molecule has 4 aliphatic heterocycles. The molecule has 5 aliphatic rings. The van der Waals surface area contributed by atoms with E-state index in [-0.39, 0.29) is 60.9 Å². The molecule has 412 valence electrons. The van der Waals surface area contributed by atoms with E-state index in [4.69, 9.17) is 28.4 Å². The summed E-state index contributed by atoms with van der Waals surface area (Å²) in [5, 5.41) is 27.0. The molecule has 15 atom stereocenters. The maximum absolute atomic E-state index is 14.6. The van der Waals surface area contributed by atoms with Crippen molar-refractivity contribution < 1.29 is 62.6 Å². The van der Waals surface area contributed by atoms with Gasteiger partial charge in [-0.25, -0.2) is 4.79 Å². The van der Waals surface area contributed by atoms with Crippen molar-refractivity contribution in [3.63, 3.8) is 0 Å². The fourth-order valence-corrected chi connectivity index (χ4v) is 11.6. The van der Waals surface area contributed by atoms with E-state index < -0.39 is 77.8 Å². The van der Waals surface area contributed by atoms with E-state index in [9.17, 15) is 34.2 Å². The van der Waals surface area contributed by atoms with Gasteiger partial charge < -0.3 is 48.9 Å². The van der Waals surface area contributed by atoms with Gasteiger partial charge in [-0.2, -0.15) is 0 Å². The number of ether oxygens (including phenoxy) is 6. The number of fused-ring (bicyclic) bond motifs is 3. The van der Waals surface area contributed by atoms with Gasteiger partial charge in [0.25, 0.3) is 11.7 Å². The minimum atomic E-state index is -2.43. The summed E-state index contributed by atoms with van der Waals surface area (Å²) in [6, 6.07) is -1.13. The highest BCUT2D eigenvalue weighted by molar-refractivity contribution is 6.39. The third kappa shape index (κ3) is 16.8. The Balaban J connectivity index is 1.42. The number of amides is 1. The number of aliphatic hydroxyl groups excluding tert-OH is 1. The first-order chi connectivity index (χ1) is 34.8. The number of aliphatic hydroxyl groups is 2. The molecular formula is C57H91N3O13. The van der Waals surface area contributed by atoms with Crippen molar-refractivity contribution in [3.8, 4) is 0 Å². The van der Waals surface area contributed by atoms with E-state index in [0.717, 1.165) is 57.6 Å². The molecular weight excluding hydrogens is 935 g/mol. The van der Waals surface area contributed by atoms with Crippen LogP contribution in [-0.4, -0.2) is 171 Å². The number of methoxy groups -OCH3 is 3. The lowest BCUT2D eigenvalue weighted by Gasteiger charge is -2.42. The van der Waals surface area contributed by atoms with Gasteiger partial charge in [0.05, 0.1) is 31.0 Å². The molecule has 0 radical (unpaired) electrons. The van der Waals surface area contributed by atoms with Gasteiger partial charge in [-0.15, -0.1) is 0 Å². The zero-order valence-corrected chi connectivity index (χ0v) is 45.8. The fourth-order valence-electron chi connectivity index (χ4n) is 11.6. The third-order valence-electron chi connectivity index (χ3n) is 16.4. The molecule has 3 saturated heterocycles. The molecule has 1 amide bonds. The first-order valence-corrected chi connectivity index (χ1v) is 27.3. The number of hydrogen-bond donors (Lipinski definition) is 3. The number of rotatable bonds is 10. The van der Waals surface area contributed by atoms with Crippen molar-refractivity contribution in [1.82, 2.24) is 15.1 Å². The Labute approximate surface area is 436 Å². The van der Waals surface area contributed by atoms with Gasteiger partial charge in [0.15, 0.2) is 5.78 Å². The molecule has 16 heteroatoms. The van der Waals surface area contributed by atoms with Crippen LogP contribution in [0, 0.1) is 35.5 Å². The average Bonchev–Trinajstić information content (AvgIpc) is 3.38. The highest BCUT2D eigenvalue weighted by Gasteiger charge is 2.53. The van der Waals surface area contributed by atoms with Crippen molar-refractivity contribution in [2.45, 2.75) is 180 Å². The maximum Gasteiger partial charge on any atom is 0.329 e. The van der Waals surface area contributed by atoms with Crippen molar-refractivity contribution in [1.29, 1.82) is 0 Å². The Morgan fingerprint density at radius 2 is 1.58 bits per heavy atom. The van der Waals surface area contributed by atoms with Gasteiger partial charge in [-0.05, 0) is 107 Å². The number of nitrogens with zero attached hydrogens (tertiary/aromatic N) is 2. The molecule has 1 saturated carbocycles. The highest BCUT2D eigenvalue weighted by Crippen LogP contribution is 2.38. The summed E-state index contributed by atoms with van der Waals surface area (Å²) in [7, 11) is 4.69. The number of nitrogens with one attached hydrogen (secondary N) is 1. The second kappa shape index (κ2) is 29.2. The fraction of sp³-hybridized carbons (Fsp3) is 0.772. The second-order valence-electron chi connectivity index (χ2n) is 22.0. The van der Waals surface area contributed by atoms with Crippen LogP contribution in [0.25, 0.3) is 0 Å². The summed E-state index contributed by atoms with van der Waals surface area (Å²) < 4.78 is 36.5. The molecule has 0 spiro atoms. The lowest BCUT2D eigenvalue weighted by atomic mass is 9.78. The predicted octanol–water partition coefficient (Wildman–Crippen LogP) is 6.11. The molecule has 3 N–H and O–H groups in total. The van der Waals surface area contributed by atoms with E-state index >= 15 is 0 Å². The number of ketones is 3. The third-order valence-corrected chi connectivity index (χ3v) is 16.4. The monoisotopic (exact) mass is 1030 g/mol. The van der Waals surface area contributed by atoms with E-state index in [1.165, 1.54) is 12.0 Å². The van der Waals surface area contributed by atoms with E-state index in [1.54, 1.807) is 41.1 Å². The molecule has 1 aliphatic carbocycles. The molecule has 16 nitrogen and oxygen atoms in total. The van der Waals surface area contributed by atoms with Crippen LogP contribution in [-0.2, 0) is 52.4 Å². The van der Waals surface area contributed by atoms with Crippen molar-refractivity contribution in [2.75, 3.05) is 67.2 Å². The minimum Gasteiger partial charge on any atom is -0.460 e. The van der Waals surface area contributed by atoms with Crippen LogP contribution in [0.4, 0.5) is 0 Å². The predicted molar refractivity (Wildman–Crippen MR) is 278 cm³/mol. The molecule has 0 aromatic rings. The molecule has 1 unspecified atom stereocenters. The molecule has 2 bridgehead atoms. The van der Waals surface area contributed by atoms with Crippen molar-refractivity contribution >= 4 is 29.2 Å².